The molecule has 0 saturated carbocycles. The number of carboxylic acids is 1. The number of hydroxylamine groups is 2. The number of carboxylic acid groups (broad SMARTS) is 1. The molecule has 1 saturated heterocycles. The zero-order valence-corrected chi connectivity index (χ0v) is 30.6. The molecule has 52 heavy (non-hydrogen) atoms. The van der Waals surface area contributed by atoms with Crippen LogP contribution < -0.4 is 20.4 Å². The summed E-state index contributed by atoms with van der Waals surface area (Å²) >= 11 is 0.966. The number of thiazole rings is 1. The van der Waals surface area contributed by atoms with E-state index in [9.17, 15) is 33.0 Å². The third kappa shape index (κ3) is 7.99. The number of ether oxygens (including phenoxy) is 1. The Morgan fingerprint density at radius 2 is 2.06 bits per heavy atom. The first-order valence-electron chi connectivity index (χ1n) is 16.2. The molecule has 1 fully saturated rings. The number of nitrogen functional groups attached to an aromatic ring is 1. The lowest BCUT2D eigenvalue weighted by atomic mass is 9.84. The molecule has 280 valence electrons. The van der Waals surface area contributed by atoms with Crippen LogP contribution in [0.25, 0.3) is 11.1 Å². The molecule has 2 aliphatic heterocycles. The number of nitrogens with zero attached hydrogens (tertiary/aromatic N) is 5. The summed E-state index contributed by atoms with van der Waals surface area (Å²) in [4.78, 5) is 53.1. The number of aromatic nitrogens is 3. The molecule has 6 N–H and O–H groups in total. The van der Waals surface area contributed by atoms with Gasteiger partial charge < -0.3 is 30.8 Å². The number of aryl methyl sites for hydroxylation is 3. The summed E-state index contributed by atoms with van der Waals surface area (Å²) in [6, 6.07) is 4.17. The number of fused-ring (bicyclic) bond motifs is 1. The molecule has 0 aliphatic carbocycles. The number of nitrogens with two attached hydrogens (primary N) is 1. The number of nitrogens with one attached hydrogen (secondary N) is 1. The average Bonchev–Trinajstić information content (AvgIpc) is 3.53. The van der Waals surface area contributed by atoms with E-state index >= 15 is 0 Å². The molecule has 20 heteroatoms. The van der Waals surface area contributed by atoms with Crippen LogP contribution in [0.15, 0.2) is 41.1 Å². The van der Waals surface area contributed by atoms with Crippen LogP contribution in [0.5, 0.6) is 5.75 Å². The van der Waals surface area contributed by atoms with Crippen molar-refractivity contribution in [1.82, 2.24) is 20.3 Å². The predicted molar refractivity (Wildman–Crippen MR) is 184 cm³/mol. The molecule has 4 heterocycles. The SMILES string of the molecule is CC[C@@H](O)CCc1ncc(-c2ccc3c(c2)CC[C@H]([C@](C)(O/N=C(\C(=O)N[C@@H]2C(=O)N(OS(=O)(=O)O)C2(C)C)c2csc(N)n2)C(=O)O)O3)c[n+]1C. The number of anilines is 1. The van der Waals surface area contributed by atoms with E-state index in [2.05, 4.69) is 24.7 Å². The molecular formula is C32H40N7O11S2+. The summed E-state index contributed by atoms with van der Waals surface area (Å²) in [5, 5.41) is 28.4. The summed E-state index contributed by atoms with van der Waals surface area (Å²) in [6.07, 6.45) is 4.84. The number of aliphatic carboxylic acids is 1. The van der Waals surface area contributed by atoms with E-state index in [4.69, 9.17) is 19.9 Å². The van der Waals surface area contributed by atoms with Crippen molar-refractivity contribution in [1.29, 1.82) is 0 Å². The average molecular weight is 763 g/mol. The molecule has 2 aromatic heterocycles. The molecule has 4 atom stereocenters. The number of aliphatic hydroxyl groups excluding tert-OH is 1. The van der Waals surface area contributed by atoms with E-state index in [0.717, 1.165) is 33.9 Å². The Balaban J connectivity index is 1.34. The minimum absolute atomic E-state index is 0.0585. The van der Waals surface area contributed by atoms with Gasteiger partial charge in [-0.15, -0.1) is 15.6 Å². The molecule has 0 spiro atoms. The molecule has 18 nitrogen and oxygen atoms in total. The van der Waals surface area contributed by atoms with Gasteiger partial charge in [-0.25, -0.2) is 14.3 Å². The van der Waals surface area contributed by atoms with Gasteiger partial charge in [0.2, 0.25) is 0 Å². The van der Waals surface area contributed by atoms with Crippen molar-refractivity contribution in [3.05, 3.63) is 53.1 Å². The molecule has 0 bridgehead atoms. The number of oxime groups is 1. The van der Waals surface area contributed by atoms with E-state index in [-0.39, 0.29) is 23.4 Å². The van der Waals surface area contributed by atoms with Crippen LogP contribution in [-0.2, 0) is 53.8 Å². The van der Waals surface area contributed by atoms with Crippen molar-refractivity contribution in [2.45, 2.75) is 89.2 Å². The summed E-state index contributed by atoms with van der Waals surface area (Å²) in [7, 11) is -3.14. The molecule has 1 aromatic carbocycles. The molecule has 3 aromatic rings. The Bertz CT molecular complexity index is 2020. The number of carbonyl (C=O) groups excluding carboxylic acids is 2. The Hall–Kier alpha value is -4.76. The summed E-state index contributed by atoms with van der Waals surface area (Å²) < 4.78 is 43.8. The van der Waals surface area contributed by atoms with Crippen LogP contribution in [0.4, 0.5) is 5.13 Å². The number of hydrogen-bond acceptors (Lipinski definition) is 14. The molecule has 0 radical (unpaired) electrons. The first kappa shape index (κ1) is 38.5. The first-order valence-corrected chi connectivity index (χ1v) is 18.4. The Morgan fingerprint density at radius 3 is 2.65 bits per heavy atom. The van der Waals surface area contributed by atoms with Crippen molar-refractivity contribution in [2.75, 3.05) is 5.73 Å². The predicted octanol–water partition coefficient (Wildman–Crippen LogP) is 1.11. The second-order valence-electron chi connectivity index (χ2n) is 13.1. The lowest BCUT2D eigenvalue weighted by molar-refractivity contribution is -0.682. The second-order valence-corrected chi connectivity index (χ2v) is 15.0. The van der Waals surface area contributed by atoms with E-state index in [1.807, 2.05) is 36.9 Å². The van der Waals surface area contributed by atoms with Crippen LogP contribution >= 0.6 is 11.3 Å². The number of aliphatic hydroxyl groups is 1. The number of rotatable bonds is 14. The van der Waals surface area contributed by atoms with Crippen molar-refractivity contribution in [3.63, 3.8) is 0 Å². The van der Waals surface area contributed by atoms with E-state index in [1.165, 1.54) is 26.2 Å². The lowest BCUT2D eigenvalue weighted by Gasteiger charge is -2.50. The quantitative estimate of drug-likeness (QED) is 0.0507. The van der Waals surface area contributed by atoms with Gasteiger partial charge in [-0.2, -0.15) is 13.5 Å². The van der Waals surface area contributed by atoms with Crippen LogP contribution in [-0.4, -0.2) is 91.1 Å². The largest absolute Gasteiger partial charge is 0.485 e. The number of hydrogen-bond donors (Lipinski definition) is 5. The van der Waals surface area contributed by atoms with Crippen molar-refractivity contribution in [2.24, 2.45) is 12.2 Å². The smallest absolute Gasteiger partial charge is 0.418 e. The van der Waals surface area contributed by atoms with Crippen molar-refractivity contribution < 1.29 is 56.0 Å². The number of carbonyl (C=O) groups is 3. The zero-order valence-electron chi connectivity index (χ0n) is 29.0. The van der Waals surface area contributed by atoms with Gasteiger partial charge in [-0.1, -0.05) is 23.1 Å². The summed E-state index contributed by atoms with van der Waals surface area (Å²) in [5.41, 5.74) is 4.19. The fraction of sp³-hybridized carbons (Fsp3) is 0.469. The fourth-order valence-corrected chi connectivity index (χ4v) is 6.80. The second kappa shape index (κ2) is 14.7. The third-order valence-corrected chi connectivity index (χ3v) is 10.1. The van der Waals surface area contributed by atoms with Crippen molar-refractivity contribution in [3.8, 4) is 16.9 Å². The highest BCUT2D eigenvalue weighted by Crippen LogP contribution is 2.37. The minimum Gasteiger partial charge on any atom is -0.485 e. The number of amides is 2. The maximum absolute atomic E-state index is 13.5. The van der Waals surface area contributed by atoms with E-state index < -0.39 is 57.2 Å². The van der Waals surface area contributed by atoms with Crippen molar-refractivity contribution >= 4 is 50.4 Å². The standard InChI is InChI=1S/C32H39N7O11S2/c1-6-20(40)9-12-24-34-14-19(15-38(24)5)17-7-10-22-18(13-17)8-11-23(48-22)32(4,29(43)44)49-37-25(21-16-51-30(33)35-21)27(41)36-26-28(42)39(31(26,2)3)50-52(45,46)47/h7,10,13-16,20,23,26,40H,6,8-9,11-12H2,1-5H3,(H4-,33,35,36,41,43,44,45,46,47)/p+1/b37-25-/t20-,23-,26-,32+/m1/s1. The normalized spacial score (nSPS) is 20.2. The summed E-state index contributed by atoms with van der Waals surface area (Å²) in [5.74, 6) is -2.17. The van der Waals surface area contributed by atoms with Crippen LogP contribution in [0.3, 0.4) is 0 Å². The Labute approximate surface area is 303 Å². The number of β-lactam (4-membered cyclic amide) rings is 1. The van der Waals surface area contributed by atoms with Gasteiger partial charge in [0.1, 0.15) is 23.7 Å². The van der Waals surface area contributed by atoms with Crippen LogP contribution in [0.1, 0.15) is 64.0 Å². The van der Waals surface area contributed by atoms with Gasteiger partial charge in [0.05, 0.1) is 30.7 Å². The Kier molecular flexibility index (Phi) is 10.9. The Morgan fingerprint density at radius 1 is 1.33 bits per heavy atom. The lowest BCUT2D eigenvalue weighted by Crippen LogP contribution is -2.76. The maximum atomic E-state index is 13.5. The first-order chi connectivity index (χ1) is 24.3. The van der Waals surface area contributed by atoms with Gasteiger partial charge in [0.15, 0.2) is 23.1 Å². The molecule has 5 rings (SSSR count). The van der Waals surface area contributed by atoms with Gasteiger partial charge >= 0.3 is 16.4 Å². The zero-order chi connectivity index (χ0) is 38.2. The maximum Gasteiger partial charge on any atom is 0.418 e. The monoisotopic (exact) mass is 762 g/mol. The van der Waals surface area contributed by atoms with Gasteiger partial charge in [-0.3, -0.25) is 14.1 Å². The van der Waals surface area contributed by atoms with Gasteiger partial charge in [0, 0.05) is 5.38 Å². The molecule has 0 unspecified atom stereocenters. The van der Waals surface area contributed by atoms with Crippen LogP contribution in [0.2, 0.25) is 0 Å². The molecular weight excluding hydrogens is 723 g/mol. The highest BCUT2D eigenvalue weighted by atomic mass is 32.3. The van der Waals surface area contributed by atoms with Gasteiger partial charge in [0.25, 0.3) is 23.2 Å². The highest BCUT2D eigenvalue weighted by Gasteiger charge is 2.58. The molecule has 2 aliphatic rings. The molecule has 2 amide bonds. The minimum atomic E-state index is -5.03. The van der Waals surface area contributed by atoms with Crippen LogP contribution in [0, 0.1) is 0 Å². The topological polar surface area (TPSA) is 257 Å². The third-order valence-electron chi connectivity index (χ3n) is 9.07. The van der Waals surface area contributed by atoms with Gasteiger partial charge in [-0.05, 0) is 69.7 Å². The fourth-order valence-electron chi connectivity index (χ4n) is 5.79. The highest BCUT2D eigenvalue weighted by molar-refractivity contribution is 7.80. The van der Waals surface area contributed by atoms with E-state index in [1.54, 1.807) is 12.3 Å². The summed E-state index contributed by atoms with van der Waals surface area (Å²) in [6.45, 7) is 5.93. The van der Waals surface area contributed by atoms with E-state index in [0.29, 0.717) is 36.5 Å². The number of benzene rings is 1.